The highest BCUT2D eigenvalue weighted by molar-refractivity contribution is 6.37. The number of rotatable bonds is 1. The van der Waals surface area contributed by atoms with Gasteiger partial charge in [0.15, 0.2) is 0 Å². The predicted octanol–water partition coefficient (Wildman–Crippen LogP) is -1.69. The maximum Gasteiger partial charge on any atom is 0.281 e. The average Bonchev–Trinajstić information content (AvgIpc) is 1.84. The molecule has 0 aliphatic rings. The number of carbonyl (C=O) groups excluding carboxylic acids is 1. The summed E-state index contributed by atoms with van der Waals surface area (Å²) in [5, 5.41) is 3.08. The van der Waals surface area contributed by atoms with Gasteiger partial charge in [0.1, 0.15) is 5.71 Å². The van der Waals surface area contributed by atoms with E-state index in [1.165, 1.54) is 6.92 Å². The van der Waals surface area contributed by atoms with Crippen molar-refractivity contribution in [1.82, 2.24) is 5.43 Å². The molecule has 5 nitrogen and oxygen atoms in total. The van der Waals surface area contributed by atoms with E-state index in [2.05, 4.69) is 5.10 Å². The Labute approximate surface area is 46.7 Å². The topological polar surface area (TPSA) is 93.5 Å². The number of hydrogen-bond donors (Lipinski definition) is 3. The van der Waals surface area contributed by atoms with E-state index in [0.717, 1.165) is 0 Å². The van der Waals surface area contributed by atoms with Crippen LogP contribution in [-0.2, 0) is 4.79 Å². The van der Waals surface area contributed by atoms with Gasteiger partial charge in [0.25, 0.3) is 5.91 Å². The van der Waals surface area contributed by atoms with Gasteiger partial charge in [-0.15, -0.1) is 0 Å². The molecule has 5 heteroatoms. The van der Waals surface area contributed by atoms with Gasteiger partial charge in [-0.05, 0) is 6.92 Å². The van der Waals surface area contributed by atoms with Crippen LogP contribution in [0.1, 0.15) is 6.92 Å². The molecule has 0 aromatic heterocycles. The third-order valence-corrected chi connectivity index (χ3v) is 0.653. The van der Waals surface area contributed by atoms with E-state index >= 15 is 0 Å². The summed E-state index contributed by atoms with van der Waals surface area (Å²) in [4.78, 5) is 10.3. The number of nitrogens with one attached hydrogen (secondary N) is 1. The summed E-state index contributed by atoms with van der Waals surface area (Å²) in [6.45, 7) is 1.46. The maximum absolute atomic E-state index is 10.3. The van der Waals surface area contributed by atoms with Crippen LogP contribution in [0.25, 0.3) is 0 Å². The van der Waals surface area contributed by atoms with Crippen LogP contribution in [0.5, 0.6) is 0 Å². The van der Waals surface area contributed by atoms with E-state index in [4.69, 9.17) is 11.7 Å². The van der Waals surface area contributed by atoms with Crippen LogP contribution in [0.4, 0.5) is 0 Å². The molecular weight excluding hydrogens is 108 g/mol. The molecule has 0 saturated carbocycles. The monoisotopic (exact) mass is 116 g/mol. The zero-order chi connectivity index (χ0) is 6.57. The second-order valence-electron chi connectivity index (χ2n) is 1.19. The van der Waals surface area contributed by atoms with Crippen molar-refractivity contribution in [3.05, 3.63) is 0 Å². The van der Waals surface area contributed by atoms with E-state index < -0.39 is 5.91 Å². The van der Waals surface area contributed by atoms with Gasteiger partial charge >= 0.3 is 0 Å². The lowest BCUT2D eigenvalue weighted by Gasteiger charge is -1.92. The molecule has 46 valence electrons. The second-order valence-corrected chi connectivity index (χ2v) is 1.19. The summed E-state index contributed by atoms with van der Waals surface area (Å²) in [5.74, 6) is 8.97. The smallest absolute Gasteiger partial charge is 0.281 e. The summed E-state index contributed by atoms with van der Waals surface area (Å²) in [6.07, 6.45) is 0. The van der Waals surface area contributed by atoms with Crippen molar-refractivity contribution >= 4 is 11.6 Å². The zero-order valence-corrected chi connectivity index (χ0v) is 4.51. The molecule has 0 spiro atoms. The normalized spacial score (nSPS) is 11.0. The zero-order valence-electron chi connectivity index (χ0n) is 4.51. The Balaban J connectivity index is 3.83. The first-order valence-corrected chi connectivity index (χ1v) is 1.97. The summed E-state index contributed by atoms with van der Waals surface area (Å²) in [7, 11) is 0. The Kier molecular flexibility index (Phi) is 2.57. The lowest BCUT2D eigenvalue weighted by molar-refractivity contribution is -0.114. The van der Waals surface area contributed by atoms with Gasteiger partial charge in [-0.3, -0.25) is 10.2 Å². The number of carbonyl (C=O) groups is 1. The third kappa shape index (κ3) is 1.57. The first-order chi connectivity index (χ1) is 3.72. The fourth-order valence-electron chi connectivity index (χ4n) is 0.163. The number of nitrogens with zero attached hydrogens (tertiary/aromatic N) is 1. The molecule has 0 rings (SSSR count). The molecule has 0 saturated heterocycles. The minimum atomic E-state index is -0.465. The van der Waals surface area contributed by atoms with Gasteiger partial charge in [0, 0.05) is 0 Å². The second kappa shape index (κ2) is 2.98. The summed E-state index contributed by atoms with van der Waals surface area (Å²) in [5.41, 5.74) is 2.03. The van der Waals surface area contributed by atoms with E-state index in [-0.39, 0.29) is 5.71 Å². The Morgan fingerprint density at radius 1 is 1.75 bits per heavy atom. The van der Waals surface area contributed by atoms with Gasteiger partial charge in [0.05, 0.1) is 0 Å². The molecule has 0 radical (unpaired) electrons. The summed E-state index contributed by atoms with van der Waals surface area (Å²) >= 11 is 0. The molecule has 5 N–H and O–H groups in total. The van der Waals surface area contributed by atoms with Gasteiger partial charge in [0.2, 0.25) is 0 Å². The van der Waals surface area contributed by atoms with E-state index in [9.17, 15) is 4.79 Å². The first-order valence-electron chi connectivity index (χ1n) is 1.97. The lowest BCUT2D eigenvalue weighted by Crippen LogP contribution is -2.35. The summed E-state index contributed by atoms with van der Waals surface area (Å²) < 4.78 is 0. The highest BCUT2D eigenvalue weighted by Gasteiger charge is 1.99. The van der Waals surface area contributed by atoms with Crippen molar-refractivity contribution in [3.63, 3.8) is 0 Å². The Morgan fingerprint density at radius 2 is 2.25 bits per heavy atom. The first kappa shape index (κ1) is 6.90. The maximum atomic E-state index is 10.3. The van der Waals surface area contributed by atoms with Crippen LogP contribution >= 0.6 is 0 Å². The highest BCUT2D eigenvalue weighted by Crippen LogP contribution is 1.68. The van der Waals surface area contributed by atoms with Crippen molar-refractivity contribution in [2.24, 2.45) is 16.8 Å². The van der Waals surface area contributed by atoms with E-state index in [1.54, 1.807) is 0 Å². The van der Waals surface area contributed by atoms with Gasteiger partial charge in [-0.2, -0.15) is 5.10 Å². The minimum absolute atomic E-state index is 0.160. The van der Waals surface area contributed by atoms with Gasteiger partial charge in [-0.1, -0.05) is 0 Å². The van der Waals surface area contributed by atoms with Crippen LogP contribution in [0.2, 0.25) is 0 Å². The Morgan fingerprint density at radius 3 is 2.38 bits per heavy atom. The molecule has 0 aromatic rings. The molecule has 1 amide bonds. The van der Waals surface area contributed by atoms with E-state index in [1.807, 2.05) is 5.43 Å². The Hall–Kier alpha value is -1.10. The molecule has 0 atom stereocenters. The van der Waals surface area contributed by atoms with E-state index in [0.29, 0.717) is 0 Å². The molecule has 0 aliphatic carbocycles. The van der Waals surface area contributed by atoms with Crippen LogP contribution in [0.15, 0.2) is 5.10 Å². The molecular formula is C3H8N4O. The Bertz CT molecular complexity index is 118. The number of hydrazine groups is 1. The summed E-state index contributed by atoms with van der Waals surface area (Å²) in [6, 6.07) is 0. The largest absolute Gasteiger partial charge is 0.323 e. The third-order valence-electron chi connectivity index (χ3n) is 0.653. The van der Waals surface area contributed by atoms with Crippen LogP contribution in [0, 0.1) is 0 Å². The molecule has 0 aliphatic heterocycles. The van der Waals surface area contributed by atoms with Gasteiger partial charge < -0.3 is 5.84 Å². The number of amides is 1. The van der Waals surface area contributed by atoms with Crippen LogP contribution in [0.3, 0.4) is 0 Å². The molecule has 0 bridgehead atoms. The molecule has 0 aromatic carbocycles. The number of hydrazone groups is 1. The number of nitrogens with two attached hydrogens (primary N) is 2. The van der Waals surface area contributed by atoms with Crippen molar-refractivity contribution in [3.8, 4) is 0 Å². The van der Waals surface area contributed by atoms with Gasteiger partial charge in [-0.25, -0.2) is 5.84 Å². The minimum Gasteiger partial charge on any atom is -0.323 e. The molecule has 0 fully saturated rings. The molecule has 0 heterocycles. The van der Waals surface area contributed by atoms with Crippen LogP contribution in [-0.4, -0.2) is 11.6 Å². The number of hydrogen-bond acceptors (Lipinski definition) is 4. The quantitative estimate of drug-likeness (QED) is 0.165. The molecule has 0 unspecified atom stereocenters. The van der Waals surface area contributed by atoms with Crippen molar-refractivity contribution in [2.75, 3.05) is 0 Å². The molecule has 8 heavy (non-hydrogen) atoms. The fourth-order valence-corrected chi connectivity index (χ4v) is 0.163. The average molecular weight is 116 g/mol. The lowest BCUT2D eigenvalue weighted by atomic mass is 10.4. The van der Waals surface area contributed by atoms with Crippen molar-refractivity contribution in [1.29, 1.82) is 0 Å². The fraction of sp³-hybridized carbons (Fsp3) is 0.333. The van der Waals surface area contributed by atoms with Crippen LogP contribution < -0.4 is 17.1 Å². The standard InChI is InChI=1S/C3H8N4O/c1-2(6-4)3(8)7-5/h4-5H2,1H3,(H,7,8)/b6-2-. The van der Waals surface area contributed by atoms with Crippen molar-refractivity contribution in [2.45, 2.75) is 6.92 Å². The van der Waals surface area contributed by atoms with Crippen molar-refractivity contribution < 1.29 is 4.79 Å². The predicted molar refractivity (Wildman–Crippen MR) is 29.6 cm³/mol. The SMILES string of the molecule is C/C(=N/N)C(=O)NN. The highest BCUT2D eigenvalue weighted by atomic mass is 16.2.